The zero-order valence-corrected chi connectivity index (χ0v) is 5.35. The van der Waals surface area contributed by atoms with Crippen molar-refractivity contribution in [1.29, 1.82) is 0 Å². The van der Waals surface area contributed by atoms with Gasteiger partial charge in [-0.1, -0.05) is 0 Å². The molecule has 11 heavy (non-hydrogen) atoms. The van der Waals surface area contributed by atoms with Gasteiger partial charge in [0.25, 0.3) is 0 Å². The Kier molecular flexibility index (Phi) is 2.84. The van der Waals surface area contributed by atoms with Crippen molar-refractivity contribution in [2.45, 2.75) is 0 Å². The van der Waals surface area contributed by atoms with Gasteiger partial charge >= 0.3 is 12.2 Å². The first-order chi connectivity index (χ1) is 4.95. The smallest absolute Gasteiger partial charge is 0.417 e. The molecule has 0 saturated heterocycles. The molecule has 0 aromatic carbocycles. The second-order valence-electron chi connectivity index (χ2n) is 1.62. The molecule has 0 bridgehead atoms. The third kappa shape index (κ3) is 3.04. The number of rotatable bonds is 2. The van der Waals surface area contributed by atoms with E-state index in [9.17, 15) is 14.4 Å². The maximum atomic E-state index is 10.1. The normalized spacial score (nSPS) is 8.73. The minimum Gasteiger partial charge on any atom is -0.465 e. The minimum absolute atomic E-state index is 0.109. The Balaban J connectivity index is 4.23. The molecule has 0 rings (SSSR count). The van der Waals surface area contributed by atoms with Gasteiger partial charge in [0.05, 0.1) is 0 Å². The summed E-state index contributed by atoms with van der Waals surface area (Å²) in [6, 6.07) is 0. The van der Waals surface area contributed by atoms with E-state index in [1.807, 2.05) is 0 Å². The average Bonchev–Trinajstić information content (AvgIpc) is 1.81. The van der Waals surface area contributed by atoms with Crippen LogP contribution < -0.4 is 5.73 Å². The summed E-state index contributed by atoms with van der Waals surface area (Å²) in [6.45, 7) is -0.843. The highest BCUT2D eigenvalue weighted by Gasteiger charge is 2.20. The summed E-state index contributed by atoms with van der Waals surface area (Å²) in [5.41, 5.74) is 4.56. The van der Waals surface area contributed by atoms with Crippen molar-refractivity contribution in [1.82, 2.24) is 4.90 Å². The monoisotopic (exact) mass is 162 g/mol. The number of amides is 3. The lowest BCUT2D eigenvalue weighted by molar-refractivity contribution is -0.118. The number of imide groups is 1. The Bertz CT molecular complexity index is 187. The van der Waals surface area contributed by atoms with Crippen LogP contribution >= 0.6 is 0 Å². The lowest BCUT2D eigenvalue weighted by Gasteiger charge is -2.09. The van der Waals surface area contributed by atoms with E-state index in [0.29, 0.717) is 0 Å². The Morgan fingerprint density at radius 3 is 1.64 bits per heavy atom. The standard InChI is InChI=1S/C4H6N2O5/c5-2(7)1-6(3(8)9)4(10)11/h1H2,(H2,5,7)(H,8,9)(H,10,11). The van der Waals surface area contributed by atoms with E-state index in [-0.39, 0.29) is 4.90 Å². The fourth-order valence-electron chi connectivity index (χ4n) is 0.373. The Labute approximate surface area is 61.0 Å². The van der Waals surface area contributed by atoms with E-state index < -0.39 is 24.6 Å². The molecule has 62 valence electrons. The van der Waals surface area contributed by atoms with E-state index in [0.717, 1.165) is 0 Å². The van der Waals surface area contributed by atoms with Gasteiger partial charge in [-0.2, -0.15) is 0 Å². The zero-order valence-electron chi connectivity index (χ0n) is 5.35. The predicted octanol–water partition coefficient (Wildman–Crippen LogP) is -0.870. The second-order valence-corrected chi connectivity index (χ2v) is 1.62. The van der Waals surface area contributed by atoms with Crippen LogP contribution in [-0.4, -0.2) is 39.8 Å². The van der Waals surface area contributed by atoms with Crippen LogP contribution in [0.3, 0.4) is 0 Å². The van der Waals surface area contributed by atoms with Crippen LogP contribution in [0.2, 0.25) is 0 Å². The highest BCUT2D eigenvalue weighted by atomic mass is 16.4. The van der Waals surface area contributed by atoms with Crippen LogP contribution in [0.15, 0.2) is 0 Å². The number of carbonyl (C=O) groups is 3. The molecule has 4 N–H and O–H groups in total. The Hall–Kier alpha value is -1.79. The fourth-order valence-corrected chi connectivity index (χ4v) is 0.373. The number of carbonyl (C=O) groups excluding carboxylic acids is 1. The van der Waals surface area contributed by atoms with Crippen molar-refractivity contribution >= 4 is 18.1 Å². The van der Waals surface area contributed by atoms with Gasteiger partial charge in [0.2, 0.25) is 5.91 Å². The van der Waals surface area contributed by atoms with Crippen molar-refractivity contribution in [3.63, 3.8) is 0 Å². The average molecular weight is 162 g/mol. The molecule has 0 saturated carbocycles. The lowest BCUT2D eigenvalue weighted by atomic mass is 10.5. The SMILES string of the molecule is NC(=O)CN(C(=O)O)C(=O)O. The van der Waals surface area contributed by atoms with Crippen LogP contribution in [0.25, 0.3) is 0 Å². The van der Waals surface area contributed by atoms with Crippen LogP contribution in [-0.2, 0) is 4.79 Å². The van der Waals surface area contributed by atoms with Crippen LogP contribution in [0.4, 0.5) is 9.59 Å². The van der Waals surface area contributed by atoms with E-state index in [4.69, 9.17) is 10.2 Å². The summed E-state index contributed by atoms with van der Waals surface area (Å²) in [6.07, 6.45) is -3.45. The number of carboxylic acid groups (broad SMARTS) is 2. The van der Waals surface area contributed by atoms with Gasteiger partial charge in [-0.3, -0.25) is 4.79 Å². The molecule has 0 fully saturated rings. The summed E-state index contributed by atoms with van der Waals surface area (Å²) in [5, 5.41) is 16.3. The highest BCUT2D eigenvalue weighted by molar-refractivity contribution is 5.91. The summed E-state index contributed by atoms with van der Waals surface area (Å²) >= 11 is 0. The van der Waals surface area contributed by atoms with Crippen molar-refractivity contribution in [2.24, 2.45) is 5.73 Å². The number of nitrogens with two attached hydrogens (primary N) is 1. The number of hydrogen-bond donors (Lipinski definition) is 3. The van der Waals surface area contributed by atoms with Gasteiger partial charge in [-0.05, 0) is 0 Å². The third-order valence-corrected chi connectivity index (χ3v) is 0.776. The van der Waals surface area contributed by atoms with Crippen molar-refractivity contribution in [3.8, 4) is 0 Å². The molecule has 3 amide bonds. The molecule has 0 radical (unpaired) electrons. The molecule has 0 heterocycles. The molecule has 7 heteroatoms. The Morgan fingerprint density at radius 2 is 1.55 bits per heavy atom. The zero-order chi connectivity index (χ0) is 9.02. The van der Waals surface area contributed by atoms with E-state index in [1.165, 1.54) is 0 Å². The van der Waals surface area contributed by atoms with Gasteiger partial charge < -0.3 is 15.9 Å². The molecule has 0 aliphatic rings. The Morgan fingerprint density at radius 1 is 1.18 bits per heavy atom. The van der Waals surface area contributed by atoms with Gasteiger partial charge in [0.1, 0.15) is 6.54 Å². The number of nitrogens with zero attached hydrogens (tertiary/aromatic N) is 1. The quantitative estimate of drug-likeness (QED) is 0.487. The van der Waals surface area contributed by atoms with Crippen LogP contribution in [0, 0.1) is 0 Å². The topological polar surface area (TPSA) is 121 Å². The second kappa shape index (κ2) is 3.40. The molecular weight excluding hydrogens is 156 g/mol. The highest BCUT2D eigenvalue weighted by Crippen LogP contribution is 1.88. The molecule has 7 nitrogen and oxygen atoms in total. The maximum absolute atomic E-state index is 10.1. The van der Waals surface area contributed by atoms with E-state index in [1.54, 1.807) is 0 Å². The summed E-state index contributed by atoms with van der Waals surface area (Å²) in [4.78, 5) is 30.0. The van der Waals surface area contributed by atoms with E-state index in [2.05, 4.69) is 5.73 Å². The molecule has 0 aromatic rings. The first kappa shape index (κ1) is 9.21. The molecule has 0 aliphatic carbocycles. The predicted molar refractivity (Wildman–Crippen MR) is 31.9 cm³/mol. The van der Waals surface area contributed by atoms with Crippen molar-refractivity contribution in [2.75, 3.05) is 6.54 Å². The van der Waals surface area contributed by atoms with Crippen molar-refractivity contribution in [3.05, 3.63) is 0 Å². The fraction of sp³-hybridized carbons (Fsp3) is 0.250. The molecular formula is C4H6N2O5. The summed E-state index contributed by atoms with van der Waals surface area (Å²) in [7, 11) is 0. The number of hydrogen-bond acceptors (Lipinski definition) is 3. The molecule has 0 atom stereocenters. The lowest BCUT2D eigenvalue weighted by Crippen LogP contribution is -2.40. The minimum atomic E-state index is -1.73. The van der Waals surface area contributed by atoms with E-state index >= 15 is 0 Å². The maximum Gasteiger partial charge on any atom is 0.417 e. The van der Waals surface area contributed by atoms with Gasteiger partial charge in [-0.15, -0.1) is 0 Å². The third-order valence-electron chi connectivity index (χ3n) is 0.776. The first-order valence-electron chi connectivity index (χ1n) is 2.47. The van der Waals surface area contributed by atoms with Crippen molar-refractivity contribution < 1.29 is 24.6 Å². The largest absolute Gasteiger partial charge is 0.465 e. The molecule has 0 spiro atoms. The van der Waals surface area contributed by atoms with Gasteiger partial charge in [0.15, 0.2) is 0 Å². The summed E-state index contributed by atoms with van der Waals surface area (Å²) in [5.74, 6) is -1.02. The first-order valence-corrected chi connectivity index (χ1v) is 2.47. The molecule has 0 aliphatic heterocycles. The molecule has 0 unspecified atom stereocenters. The molecule has 0 aromatic heterocycles. The van der Waals surface area contributed by atoms with Gasteiger partial charge in [0, 0.05) is 0 Å². The van der Waals surface area contributed by atoms with Crippen LogP contribution in [0.5, 0.6) is 0 Å². The van der Waals surface area contributed by atoms with Gasteiger partial charge in [-0.25, -0.2) is 14.5 Å². The van der Waals surface area contributed by atoms with Crippen LogP contribution in [0.1, 0.15) is 0 Å². The summed E-state index contributed by atoms with van der Waals surface area (Å²) < 4.78 is 0. The number of primary amides is 1.